The topological polar surface area (TPSA) is 152 Å². The second-order valence-corrected chi connectivity index (χ2v) is 15.3. The van der Waals surface area contributed by atoms with Crippen LogP contribution < -0.4 is 4.90 Å². The van der Waals surface area contributed by atoms with Gasteiger partial charge in [-0.3, -0.25) is 13.9 Å². The molecule has 0 spiro atoms. The lowest BCUT2D eigenvalue weighted by Crippen LogP contribution is -2.32. The van der Waals surface area contributed by atoms with Crippen molar-refractivity contribution >= 4 is 43.3 Å². The second kappa shape index (κ2) is 13.6. The van der Waals surface area contributed by atoms with E-state index in [1.54, 1.807) is 0 Å². The van der Waals surface area contributed by atoms with Crippen LogP contribution in [0.5, 0.6) is 0 Å². The summed E-state index contributed by atoms with van der Waals surface area (Å²) in [5.41, 5.74) is 4.86. The standard InChI is InChI=1S/C33H42N2O8S2/c1-4-34-27-15-7-5-13-25(27)32(2,20-10-19-31(36)37)29(34)17-9-18-30-33(3,21-11-23-44(38,39)40)26-14-6-8-16-28(26)35(30)22-12-24-45(41,42)43/h5-9,13-18H,4,10-12,19-24H2,1-3H3,(H2-,36,37,38,39,40,41,42,43)/p+1. The number of aliphatic carboxylic acids is 1. The van der Waals surface area contributed by atoms with Gasteiger partial charge in [0, 0.05) is 53.9 Å². The van der Waals surface area contributed by atoms with Crippen LogP contribution in [-0.4, -0.2) is 71.9 Å². The van der Waals surface area contributed by atoms with Crippen LogP contribution in [0.1, 0.15) is 70.4 Å². The molecular weight excluding hydrogens is 617 g/mol. The number of carboxylic acids is 1. The molecule has 4 rings (SSSR count). The molecule has 2 aromatic carbocycles. The second-order valence-electron chi connectivity index (χ2n) is 12.2. The van der Waals surface area contributed by atoms with Crippen molar-refractivity contribution in [2.45, 2.75) is 70.1 Å². The van der Waals surface area contributed by atoms with Crippen LogP contribution in [0.15, 0.2) is 72.5 Å². The molecule has 0 saturated carbocycles. The van der Waals surface area contributed by atoms with Crippen molar-refractivity contribution in [2.24, 2.45) is 0 Å². The SMILES string of the molecule is CCN1/C(=C/C=C/C2=[N+](CCCS(=O)(=O)O)c3ccccc3C2(C)CCCS(=O)(=O)O)C(C)(CCCC(=O)O)c2ccccc21. The van der Waals surface area contributed by atoms with Crippen LogP contribution in [0, 0.1) is 0 Å². The first-order valence-corrected chi connectivity index (χ1v) is 18.4. The van der Waals surface area contributed by atoms with E-state index in [1.165, 1.54) is 0 Å². The first kappa shape index (κ1) is 34.6. The highest BCUT2D eigenvalue weighted by Crippen LogP contribution is 2.50. The number of hydrogen-bond acceptors (Lipinski definition) is 6. The summed E-state index contributed by atoms with van der Waals surface area (Å²) >= 11 is 0. The van der Waals surface area contributed by atoms with Gasteiger partial charge in [0.1, 0.15) is 6.54 Å². The average Bonchev–Trinajstić information content (AvgIpc) is 3.33. The maximum Gasteiger partial charge on any atom is 0.303 e. The van der Waals surface area contributed by atoms with E-state index in [9.17, 15) is 35.8 Å². The summed E-state index contributed by atoms with van der Waals surface area (Å²) in [7, 11) is -8.32. The van der Waals surface area contributed by atoms with Gasteiger partial charge in [-0.05, 0) is 64.2 Å². The summed E-state index contributed by atoms with van der Waals surface area (Å²) in [6, 6.07) is 15.9. The zero-order chi connectivity index (χ0) is 33.0. The van der Waals surface area contributed by atoms with Crippen molar-refractivity contribution in [3.8, 4) is 0 Å². The fraction of sp³-hybridized carbons (Fsp3) is 0.455. The molecule has 2 atom stereocenters. The number of para-hydroxylation sites is 2. The third kappa shape index (κ3) is 7.74. The number of nitrogens with zero attached hydrogens (tertiary/aromatic N) is 2. The molecular formula is C33H43N2O8S2+. The minimum absolute atomic E-state index is 0.0730. The quantitative estimate of drug-likeness (QED) is 0.167. The number of carbonyl (C=O) groups is 1. The van der Waals surface area contributed by atoms with E-state index >= 15 is 0 Å². The van der Waals surface area contributed by atoms with Gasteiger partial charge < -0.3 is 10.0 Å². The Morgan fingerprint density at radius 1 is 0.867 bits per heavy atom. The molecule has 2 heterocycles. The van der Waals surface area contributed by atoms with Crippen LogP contribution >= 0.6 is 0 Å². The van der Waals surface area contributed by atoms with E-state index < -0.39 is 42.8 Å². The molecule has 0 aliphatic carbocycles. The van der Waals surface area contributed by atoms with Crippen molar-refractivity contribution in [1.82, 2.24) is 0 Å². The molecule has 2 aliphatic heterocycles. The Morgan fingerprint density at radius 3 is 2.11 bits per heavy atom. The summed E-state index contributed by atoms with van der Waals surface area (Å²) in [6.07, 6.45) is 8.00. The van der Waals surface area contributed by atoms with Crippen LogP contribution in [-0.2, 0) is 35.9 Å². The zero-order valence-electron chi connectivity index (χ0n) is 26.0. The van der Waals surface area contributed by atoms with Gasteiger partial charge in [0.25, 0.3) is 20.2 Å². The number of benzene rings is 2. The lowest BCUT2D eigenvalue weighted by molar-refractivity contribution is -0.437. The molecule has 0 bridgehead atoms. The van der Waals surface area contributed by atoms with Gasteiger partial charge in [0.15, 0.2) is 5.71 Å². The fourth-order valence-corrected chi connectivity index (χ4v) is 7.98. The molecule has 0 amide bonds. The van der Waals surface area contributed by atoms with Crippen molar-refractivity contribution in [2.75, 3.05) is 29.5 Å². The highest BCUT2D eigenvalue weighted by molar-refractivity contribution is 7.86. The maximum absolute atomic E-state index is 11.6. The van der Waals surface area contributed by atoms with E-state index in [0.717, 1.165) is 33.9 Å². The molecule has 0 saturated heterocycles. The Kier molecular flexibility index (Phi) is 10.4. The van der Waals surface area contributed by atoms with Crippen LogP contribution in [0.3, 0.4) is 0 Å². The van der Waals surface area contributed by atoms with Gasteiger partial charge in [0.2, 0.25) is 5.69 Å². The number of anilines is 1. The highest BCUT2D eigenvalue weighted by Gasteiger charge is 2.47. The van der Waals surface area contributed by atoms with Crippen molar-refractivity contribution < 1.29 is 40.4 Å². The Balaban J connectivity index is 1.80. The van der Waals surface area contributed by atoms with Gasteiger partial charge in [0.05, 0.1) is 16.9 Å². The molecule has 2 aliphatic rings. The van der Waals surface area contributed by atoms with Crippen molar-refractivity contribution in [1.29, 1.82) is 0 Å². The summed E-state index contributed by atoms with van der Waals surface area (Å²) in [6.45, 7) is 7.25. The van der Waals surface area contributed by atoms with Gasteiger partial charge in [-0.1, -0.05) is 42.5 Å². The maximum atomic E-state index is 11.6. The number of allylic oxidation sites excluding steroid dienone is 4. The summed E-state index contributed by atoms with van der Waals surface area (Å²) < 4.78 is 67.0. The average molecular weight is 660 g/mol. The Labute approximate surface area is 266 Å². The van der Waals surface area contributed by atoms with Crippen LogP contribution in [0.25, 0.3) is 0 Å². The third-order valence-corrected chi connectivity index (χ3v) is 10.7. The number of likely N-dealkylation sites (N-methyl/N-ethyl adjacent to an activating group) is 1. The van der Waals surface area contributed by atoms with Gasteiger partial charge >= 0.3 is 5.97 Å². The number of hydrogen-bond donors (Lipinski definition) is 3. The molecule has 2 aromatic rings. The van der Waals surface area contributed by atoms with Crippen LogP contribution in [0.2, 0.25) is 0 Å². The molecule has 12 heteroatoms. The van der Waals surface area contributed by atoms with E-state index in [0.29, 0.717) is 32.4 Å². The first-order valence-electron chi connectivity index (χ1n) is 15.2. The molecule has 0 fully saturated rings. The number of fused-ring (bicyclic) bond motifs is 2. The smallest absolute Gasteiger partial charge is 0.303 e. The fourth-order valence-electron chi connectivity index (χ4n) is 6.97. The van der Waals surface area contributed by atoms with Gasteiger partial charge in [-0.25, -0.2) is 0 Å². The van der Waals surface area contributed by atoms with E-state index in [1.807, 2.05) is 60.0 Å². The minimum atomic E-state index is -4.16. The monoisotopic (exact) mass is 659 g/mol. The summed E-state index contributed by atoms with van der Waals surface area (Å²) in [5.74, 6) is -1.61. The van der Waals surface area contributed by atoms with Crippen LogP contribution in [0.4, 0.5) is 11.4 Å². The van der Waals surface area contributed by atoms with E-state index in [-0.39, 0.29) is 25.0 Å². The molecule has 2 unspecified atom stereocenters. The Morgan fingerprint density at radius 2 is 1.47 bits per heavy atom. The highest BCUT2D eigenvalue weighted by atomic mass is 32.2. The van der Waals surface area contributed by atoms with Crippen molar-refractivity contribution in [3.63, 3.8) is 0 Å². The predicted octanol–water partition coefficient (Wildman–Crippen LogP) is 5.48. The molecule has 244 valence electrons. The van der Waals surface area contributed by atoms with E-state index in [2.05, 4.69) is 37.0 Å². The normalized spacial score (nSPS) is 22.4. The lowest BCUT2D eigenvalue weighted by atomic mass is 9.75. The Hall–Kier alpha value is -3.32. The van der Waals surface area contributed by atoms with Gasteiger partial charge in [-0.15, -0.1) is 0 Å². The molecule has 10 nitrogen and oxygen atoms in total. The Bertz CT molecular complexity index is 1750. The molecule has 45 heavy (non-hydrogen) atoms. The summed E-state index contributed by atoms with van der Waals surface area (Å²) in [4.78, 5) is 13.6. The zero-order valence-corrected chi connectivity index (χ0v) is 27.6. The van der Waals surface area contributed by atoms with E-state index in [4.69, 9.17) is 0 Å². The van der Waals surface area contributed by atoms with Gasteiger partial charge in [-0.2, -0.15) is 21.4 Å². The summed E-state index contributed by atoms with van der Waals surface area (Å²) in [5, 5.41) is 9.32. The molecule has 0 aromatic heterocycles. The number of rotatable bonds is 15. The minimum Gasteiger partial charge on any atom is -0.481 e. The first-order chi connectivity index (χ1) is 21.1. The molecule has 3 N–H and O–H groups in total. The molecule has 0 radical (unpaired) electrons. The predicted molar refractivity (Wildman–Crippen MR) is 176 cm³/mol. The third-order valence-electron chi connectivity index (χ3n) is 9.05. The largest absolute Gasteiger partial charge is 0.481 e. The lowest BCUT2D eigenvalue weighted by Gasteiger charge is -2.30. The van der Waals surface area contributed by atoms with Crippen molar-refractivity contribution in [3.05, 3.63) is 83.6 Å². The number of carboxylic acid groups (broad SMARTS) is 1.